The topological polar surface area (TPSA) is 49.8 Å². The molecule has 0 bridgehead atoms. The van der Waals surface area contributed by atoms with Gasteiger partial charge >= 0.3 is 5.97 Å². The molecule has 1 aliphatic heterocycles. The van der Waals surface area contributed by atoms with Crippen molar-refractivity contribution < 1.29 is 14.6 Å². The molecule has 1 atom stereocenters. The third-order valence-electron chi connectivity index (χ3n) is 3.68. The van der Waals surface area contributed by atoms with Crippen molar-refractivity contribution in [2.24, 2.45) is 0 Å². The molecule has 0 spiro atoms. The molecule has 19 heavy (non-hydrogen) atoms. The molecule has 1 aromatic carbocycles. The zero-order chi connectivity index (χ0) is 13.7. The maximum absolute atomic E-state index is 11.5. The number of carboxylic acids is 1. The lowest BCUT2D eigenvalue weighted by Gasteiger charge is -2.32. The van der Waals surface area contributed by atoms with Gasteiger partial charge in [0.05, 0.1) is 7.11 Å². The number of piperidine rings is 1. The Morgan fingerprint density at radius 1 is 1.37 bits per heavy atom. The van der Waals surface area contributed by atoms with Crippen molar-refractivity contribution in [2.75, 3.05) is 20.2 Å². The zero-order valence-electron chi connectivity index (χ0n) is 11.3. The predicted octanol–water partition coefficient (Wildman–Crippen LogP) is 2.18. The molecule has 1 aliphatic rings. The summed E-state index contributed by atoms with van der Waals surface area (Å²) < 4.78 is 5.18. The number of benzene rings is 1. The number of hydrogen-bond acceptors (Lipinski definition) is 3. The average molecular weight is 263 g/mol. The van der Waals surface area contributed by atoms with E-state index in [0.717, 1.165) is 37.2 Å². The van der Waals surface area contributed by atoms with E-state index in [4.69, 9.17) is 4.74 Å². The van der Waals surface area contributed by atoms with Crippen molar-refractivity contribution in [1.29, 1.82) is 0 Å². The van der Waals surface area contributed by atoms with E-state index in [-0.39, 0.29) is 0 Å². The molecule has 4 nitrogen and oxygen atoms in total. The van der Waals surface area contributed by atoms with Crippen LogP contribution in [0.2, 0.25) is 0 Å². The minimum Gasteiger partial charge on any atom is -0.497 e. The minimum absolute atomic E-state index is 0.424. The maximum atomic E-state index is 11.5. The second-order valence-corrected chi connectivity index (χ2v) is 5.01. The summed E-state index contributed by atoms with van der Waals surface area (Å²) in [4.78, 5) is 13.6. The predicted molar refractivity (Wildman–Crippen MR) is 73.5 cm³/mol. The van der Waals surface area contributed by atoms with Gasteiger partial charge in [0, 0.05) is 0 Å². The Hall–Kier alpha value is -1.55. The molecule has 0 radical (unpaired) electrons. The van der Waals surface area contributed by atoms with Crippen LogP contribution in [0.4, 0.5) is 0 Å². The van der Waals surface area contributed by atoms with Gasteiger partial charge in [-0.25, -0.2) is 0 Å². The lowest BCUT2D eigenvalue weighted by Crippen LogP contribution is -2.45. The molecule has 1 fully saturated rings. The van der Waals surface area contributed by atoms with E-state index >= 15 is 0 Å². The number of carboxylic acid groups (broad SMARTS) is 1. The summed E-state index contributed by atoms with van der Waals surface area (Å²) in [5.41, 5.74) is 1.01. The van der Waals surface area contributed by atoms with Gasteiger partial charge in [-0.2, -0.15) is 0 Å². The van der Waals surface area contributed by atoms with Crippen LogP contribution in [0.25, 0.3) is 0 Å². The highest BCUT2D eigenvalue weighted by Crippen LogP contribution is 2.19. The summed E-state index contributed by atoms with van der Waals surface area (Å²) in [6.45, 7) is 1.78. The monoisotopic (exact) mass is 263 g/mol. The number of ether oxygens (including phenoxy) is 1. The smallest absolute Gasteiger partial charge is 0.321 e. The van der Waals surface area contributed by atoms with Gasteiger partial charge in [0.15, 0.2) is 0 Å². The van der Waals surface area contributed by atoms with Crippen LogP contribution in [0, 0.1) is 0 Å². The SMILES string of the molecule is COc1cccc(CC(C(=O)O)N2CCCCC2)c1. The summed E-state index contributed by atoms with van der Waals surface area (Å²) >= 11 is 0. The third kappa shape index (κ3) is 3.70. The van der Waals surface area contributed by atoms with E-state index in [2.05, 4.69) is 4.90 Å². The van der Waals surface area contributed by atoms with Crippen molar-refractivity contribution in [3.63, 3.8) is 0 Å². The van der Waals surface area contributed by atoms with Gasteiger partial charge in [0.1, 0.15) is 11.8 Å². The minimum atomic E-state index is -0.732. The fourth-order valence-corrected chi connectivity index (χ4v) is 2.63. The van der Waals surface area contributed by atoms with Gasteiger partial charge in [0.2, 0.25) is 0 Å². The van der Waals surface area contributed by atoms with E-state index in [1.54, 1.807) is 7.11 Å². The number of methoxy groups -OCH3 is 1. The van der Waals surface area contributed by atoms with E-state index in [1.165, 1.54) is 6.42 Å². The van der Waals surface area contributed by atoms with Crippen LogP contribution in [-0.4, -0.2) is 42.2 Å². The zero-order valence-corrected chi connectivity index (χ0v) is 11.3. The van der Waals surface area contributed by atoms with E-state index in [9.17, 15) is 9.90 Å². The van der Waals surface area contributed by atoms with Crippen molar-refractivity contribution in [1.82, 2.24) is 4.90 Å². The Morgan fingerprint density at radius 3 is 2.74 bits per heavy atom. The molecule has 104 valence electrons. The van der Waals surface area contributed by atoms with Crippen molar-refractivity contribution >= 4 is 5.97 Å². The van der Waals surface area contributed by atoms with Crippen LogP contribution >= 0.6 is 0 Å². The Bertz CT molecular complexity index is 427. The molecule has 0 saturated carbocycles. The highest BCUT2D eigenvalue weighted by Gasteiger charge is 2.26. The Kier molecular flexibility index (Phi) is 4.80. The first-order valence-electron chi connectivity index (χ1n) is 6.80. The molecule has 1 heterocycles. The maximum Gasteiger partial charge on any atom is 0.321 e. The van der Waals surface area contributed by atoms with Gasteiger partial charge in [-0.3, -0.25) is 9.69 Å². The van der Waals surface area contributed by atoms with Crippen LogP contribution in [0.15, 0.2) is 24.3 Å². The fourth-order valence-electron chi connectivity index (χ4n) is 2.63. The standard InChI is InChI=1S/C15H21NO3/c1-19-13-7-5-6-12(10-13)11-14(15(17)18)16-8-3-2-4-9-16/h5-7,10,14H,2-4,8-9,11H2,1H3,(H,17,18). The highest BCUT2D eigenvalue weighted by atomic mass is 16.5. The normalized spacial score (nSPS) is 17.9. The number of carbonyl (C=O) groups is 1. The first-order valence-corrected chi connectivity index (χ1v) is 6.80. The molecular weight excluding hydrogens is 242 g/mol. The lowest BCUT2D eigenvalue weighted by molar-refractivity contribution is -0.143. The highest BCUT2D eigenvalue weighted by molar-refractivity contribution is 5.74. The van der Waals surface area contributed by atoms with Gasteiger partial charge < -0.3 is 9.84 Å². The molecule has 0 aromatic heterocycles. The Labute approximate surface area is 114 Å². The van der Waals surface area contributed by atoms with Crippen LogP contribution < -0.4 is 4.74 Å². The van der Waals surface area contributed by atoms with Crippen molar-refractivity contribution in [3.05, 3.63) is 29.8 Å². The number of hydrogen-bond donors (Lipinski definition) is 1. The second-order valence-electron chi connectivity index (χ2n) is 5.01. The summed E-state index contributed by atoms with van der Waals surface area (Å²) in [6, 6.07) is 7.23. The Balaban J connectivity index is 2.08. The summed E-state index contributed by atoms with van der Waals surface area (Å²) in [7, 11) is 1.62. The van der Waals surface area contributed by atoms with Crippen LogP contribution in [-0.2, 0) is 11.2 Å². The van der Waals surface area contributed by atoms with Gasteiger partial charge in [0.25, 0.3) is 0 Å². The summed E-state index contributed by atoms with van der Waals surface area (Å²) in [5, 5.41) is 9.44. The quantitative estimate of drug-likeness (QED) is 0.884. The van der Waals surface area contributed by atoms with Gasteiger partial charge in [-0.15, -0.1) is 0 Å². The molecule has 1 aromatic rings. The molecule has 1 N–H and O–H groups in total. The second kappa shape index (κ2) is 6.57. The van der Waals surface area contributed by atoms with Crippen molar-refractivity contribution in [3.8, 4) is 5.75 Å². The fraction of sp³-hybridized carbons (Fsp3) is 0.533. The molecule has 0 amide bonds. The average Bonchev–Trinajstić information content (AvgIpc) is 2.45. The molecule has 1 saturated heterocycles. The summed E-state index contributed by atoms with van der Waals surface area (Å²) in [5.74, 6) is 0.0463. The van der Waals surface area contributed by atoms with Crippen LogP contribution in [0.5, 0.6) is 5.75 Å². The van der Waals surface area contributed by atoms with E-state index in [0.29, 0.717) is 6.42 Å². The largest absolute Gasteiger partial charge is 0.497 e. The van der Waals surface area contributed by atoms with Crippen molar-refractivity contribution in [2.45, 2.75) is 31.7 Å². The lowest BCUT2D eigenvalue weighted by atomic mass is 10.0. The van der Waals surface area contributed by atoms with Crippen LogP contribution in [0.3, 0.4) is 0 Å². The molecule has 2 rings (SSSR count). The van der Waals surface area contributed by atoms with E-state index in [1.807, 2.05) is 24.3 Å². The van der Waals surface area contributed by atoms with Crippen LogP contribution in [0.1, 0.15) is 24.8 Å². The number of aliphatic carboxylic acids is 1. The van der Waals surface area contributed by atoms with Gasteiger partial charge in [-0.1, -0.05) is 18.6 Å². The number of rotatable bonds is 5. The Morgan fingerprint density at radius 2 is 2.11 bits per heavy atom. The van der Waals surface area contributed by atoms with Gasteiger partial charge in [-0.05, 0) is 50.0 Å². The summed E-state index contributed by atoms with van der Waals surface area (Å²) in [6.07, 6.45) is 3.94. The first-order chi connectivity index (χ1) is 9.20. The first kappa shape index (κ1) is 13.9. The number of likely N-dealkylation sites (tertiary alicyclic amines) is 1. The molecule has 0 aliphatic carbocycles. The molecule has 4 heteroatoms. The molecular formula is C15H21NO3. The third-order valence-corrected chi connectivity index (χ3v) is 3.68. The van der Waals surface area contributed by atoms with E-state index < -0.39 is 12.0 Å². The molecule has 1 unspecified atom stereocenters. The number of nitrogens with zero attached hydrogens (tertiary/aromatic N) is 1.